The zero-order chi connectivity index (χ0) is 21.9. The second kappa shape index (κ2) is 8.55. The molecule has 0 aliphatic carbocycles. The number of alkyl halides is 3. The van der Waals surface area contributed by atoms with Gasteiger partial charge in [-0.2, -0.15) is 13.2 Å². The molecule has 0 aromatic heterocycles. The van der Waals surface area contributed by atoms with Crippen LogP contribution in [0.5, 0.6) is 5.75 Å². The molecule has 0 fully saturated rings. The summed E-state index contributed by atoms with van der Waals surface area (Å²) in [6.45, 7) is 2.12. The van der Waals surface area contributed by atoms with Crippen LogP contribution in [0.4, 0.5) is 23.7 Å². The summed E-state index contributed by atoms with van der Waals surface area (Å²) in [5.41, 5.74) is -0.589. The lowest BCUT2D eigenvalue weighted by molar-refractivity contribution is -0.137. The third-order valence-corrected chi connectivity index (χ3v) is 6.44. The van der Waals surface area contributed by atoms with E-state index in [0.29, 0.717) is 12.0 Å². The lowest BCUT2D eigenvalue weighted by Gasteiger charge is -2.26. The molecule has 0 bridgehead atoms. The monoisotopic (exact) mass is 442 g/mol. The molecule has 30 heavy (non-hydrogen) atoms. The summed E-state index contributed by atoms with van der Waals surface area (Å²) >= 11 is 0. The fraction of sp³-hybridized carbons (Fsp3) is 0.350. The fourth-order valence-corrected chi connectivity index (χ4v) is 4.82. The molecule has 1 aliphatic rings. The molecule has 0 spiro atoms. The number of carbonyl (C=O) groups excluding carboxylic acids is 1. The average Bonchev–Trinajstić information content (AvgIpc) is 2.68. The number of halogens is 3. The topological polar surface area (TPSA) is 84.5 Å². The van der Waals surface area contributed by atoms with Gasteiger partial charge in [0.15, 0.2) is 9.84 Å². The molecule has 1 unspecified atom stereocenters. The summed E-state index contributed by atoms with van der Waals surface area (Å²) in [6.07, 6.45) is -3.78. The number of urea groups is 1. The maximum absolute atomic E-state index is 13.1. The number of sulfone groups is 1. The Morgan fingerprint density at radius 2 is 1.93 bits per heavy atom. The zero-order valence-electron chi connectivity index (χ0n) is 16.1. The molecule has 0 saturated carbocycles. The molecule has 10 heteroatoms. The zero-order valence-corrected chi connectivity index (χ0v) is 16.9. The van der Waals surface area contributed by atoms with Crippen LogP contribution in [0.25, 0.3) is 0 Å². The van der Waals surface area contributed by atoms with Gasteiger partial charge in [-0.3, -0.25) is 0 Å². The van der Waals surface area contributed by atoms with Crippen molar-refractivity contribution < 1.29 is 31.1 Å². The standard InChI is InChI=1S/C20H21F3N2O4S/c1-2-10-29-17-8-7-13(20(21,22)23)12-16(17)25-19(26)24-15-9-11-30(27,28)18-6-4-3-5-14(15)18/h3-8,12,15H,2,9-11H2,1H3,(H2,24,25,26). The summed E-state index contributed by atoms with van der Waals surface area (Å²) in [7, 11) is -3.43. The maximum Gasteiger partial charge on any atom is 0.416 e. The van der Waals surface area contributed by atoms with Gasteiger partial charge in [0.05, 0.1) is 34.5 Å². The predicted molar refractivity (Wildman–Crippen MR) is 105 cm³/mol. The van der Waals surface area contributed by atoms with Gasteiger partial charge in [-0.15, -0.1) is 0 Å². The van der Waals surface area contributed by atoms with Crippen molar-refractivity contribution in [2.75, 3.05) is 17.7 Å². The van der Waals surface area contributed by atoms with Gasteiger partial charge in [-0.25, -0.2) is 13.2 Å². The van der Waals surface area contributed by atoms with E-state index in [1.54, 1.807) is 18.2 Å². The highest BCUT2D eigenvalue weighted by atomic mass is 32.2. The molecule has 0 saturated heterocycles. The Kier molecular flexibility index (Phi) is 6.25. The third kappa shape index (κ3) is 4.86. The van der Waals surface area contributed by atoms with Gasteiger partial charge in [0.1, 0.15) is 5.75 Å². The van der Waals surface area contributed by atoms with Gasteiger partial charge in [0.25, 0.3) is 0 Å². The van der Waals surface area contributed by atoms with Gasteiger partial charge >= 0.3 is 12.2 Å². The minimum absolute atomic E-state index is 0.117. The molecule has 2 aromatic carbocycles. The first-order valence-electron chi connectivity index (χ1n) is 9.35. The third-order valence-electron chi connectivity index (χ3n) is 4.63. The van der Waals surface area contributed by atoms with Crippen LogP contribution in [0.3, 0.4) is 0 Å². The number of benzene rings is 2. The van der Waals surface area contributed by atoms with Gasteiger partial charge in [-0.1, -0.05) is 25.1 Å². The maximum atomic E-state index is 13.1. The van der Waals surface area contributed by atoms with Crippen molar-refractivity contribution in [3.8, 4) is 5.75 Å². The summed E-state index contributed by atoms with van der Waals surface area (Å²) in [6, 6.07) is 7.85. The molecular formula is C20H21F3N2O4S. The highest BCUT2D eigenvalue weighted by molar-refractivity contribution is 7.91. The molecule has 1 aliphatic heterocycles. The normalized spacial score (nSPS) is 17.7. The molecule has 2 N–H and O–H groups in total. The quantitative estimate of drug-likeness (QED) is 0.712. The van der Waals surface area contributed by atoms with E-state index >= 15 is 0 Å². The number of ether oxygens (including phenoxy) is 1. The van der Waals surface area contributed by atoms with Crippen LogP contribution in [0.2, 0.25) is 0 Å². The van der Waals surface area contributed by atoms with Crippen molar-refractivity contribution in [2.24, 2.45) is 0 Å². The molecule has 2 amide bonds. The molecule has 6 nitrogen and oxygen atoms in total. The Bertz CT molecular complexity index is 1040. The Morgan fingerprint density at radius 1 is 1.20 bits per heavy atom. The van der Waals surface area contributed by atoms with E-state index in [2.05, 4.69) is 10.6 Å². The summed E-state index contributed by atoms with van der Waals surface area (Å²) in [5, 5.41) is 5.06. The highest BCUT2D eigenvalue weighted by Crippen LogP contribution is 2.36. The number of hydrogen-bond acceptors (Lipinski definition) is 4. The van der Waals surface area contributed by atoms with Crippen molar-refractivity contribution in [1.29, 1.82) is 0 Å². The van der Waals surface area contributed by atoms with E-state index in [-0.39, 0.29) is 35.1 Å². The number of rotatable bonds is 5. The minimum atomic E-state index is -4.58. The second-order valence-corrected chi connectivity index (χ2v) is 8.93. The summed E-state index contributed by atoms with van der Waals surface area (Å²) in [5.74, 6) is -0.0183. The van der Waals surface area contributed by atoms with E-state index in [1.165, 1.54) is 6.07 Å². The van der Waals surface area contributed by atoms with Crippen LogP contribution < -0.4 is 15.4 Å². The van der Waals surface area contributed by atoms with Gasteiger partial charge in [-0.05, 0) is 42.7 Å². The Hall–Kier alpha value is -2.75. The van der Waals surface area contributed by atoms with Crippen molar-refractivity contribution >= 4 is 21.6 Å². The van der Waals surface area contributed by atoms with E-state index in [0.717, 1.165) is 18.2 Å². The first kappa shape index (κ1) is 21.9. The van der Waals surface area contributed by atoms with Crippen LogP contribution in [-0.4, -0.2) is 26.8 Å². The largest absolute Gasteiger partial charge is 0.491 e. The van der Waals surface area contributed by atoms with E-state index in [4.69, 9.17) is 4.74 Å². The molecule has 1 atom stereocenters. The minimum Gasteiger partial charge on any atom is -0.491 e. The van der Waals surface area contributed by atoms with Crippen molar-refractivity contribution in [3.05, 3.63) is 53.6 Å². The van der Waals surface area contributed by atoms with Crippen LogP contribution in [0.15, 0.2) is 47.4 Å². The SMILES string of the molecule is CCCOc1ccc(C(F)(F)F)cc1NC(=O)NC1CCS(=O)(=O)c2ccccc21. The molecule has 1 heterocycles. The Morgan fingerprint density at radius 3 is 2.63 bits per heavy atom. The Labute approximate surface area is 172 Å². The molecule has 0 radical (unpaired) electrons. The number of fused-ring (bicyclic) bond motifs is 1. The summed E-state index contributed by atoms with van der Waals surface area (Å²) < 4.78 is 69.1. The number of carbonyl (C=O) groups is 1. The number of nitrogens with one attached hydrogen (secondary N) is 2. The molecule has 162 valence electrons. The lowest BCUT2D eigenvalue weighted by atomic mass is 10.0. The van der Waals surface area contributed by atoms with Gasteiger partial charge in [0.2, 0.25) is 0 Å². The number of anilines is 1. The van der Waals surface area contributed by atoms with Gasteiger partial charge < -0.3 is 15.4 Å². The van der Waals surface area contributed by atoms with Crippen LogP contribution in [0, 0.1) is 0 Å². The van der Waals surface area contributed by atoms with E-state index in [9.17, 15) is 26.4 Å². The van der Waals surface area contributed by atoms with E-state index < -0.39 is 33.6 Å². The first-order valence-corrected chi connectivity index (χ1v) is 11.0. The molecule has 3 rings (SSSR count). The van der Waals surface area contributed by atoms with E-state index in [1.807, 2.05) is 6.92 Å². The van der Waals surface area contributed by atoms with Gasteiger partial charge in [0, 0.05) is 0 Å². The number of amides is 2. The molecular weight excluding hydrogens is 421 g/mol. The second-order valence-electron chi connectivity index (χ2n) is 6.85. The Balaban J connectivity index is 1.82. The van der Waals surface area contributed by atoms with Crippen LogP contribution >= 0.6 is 0 Å². The predicted octanol–water partition coefficient (Wildman–Crippen LogP) is 4.53. The highest BCUT2D eigenvalue weighted by Gasteiger charge is 2.33. The van der Waals surface area contributed by atoms with Crippen molar-refractivity contribution in [2.45, 2.75) is 36.9 Å². The van der Waals surface area contributed by atoms with Crippen molar-refractivity contribution in [1.82, 2.24) is 5.32 Å². The summed E-state index contributed by atoms with van der Waals surface area (Å²) in [4.78, 5) is 12.7. The van der Waals surface area contributed by atoms with Crippen LogP contribution in [-0.2, 0) is 16.0 Å². The van der Waals surface area contributed by atoms with Crippen LogP contribution in [0.1, 0.15) is 36.9 Å². The van der Waals surface area contributed by atoms with Crippen molar-refractivity contribution in [3.63, 3.8) is 0 Å². The average molecular weight is 442 g/mol. The number of hydrogen-bond donors (Lipinski definition) is 2. The molecule has 2 aromatic rings. The first-order chi connectivity index (χ1) is 14.1. The smallest absolute Gasteiger partial charge is 0.416 e. The lowest BCUT2D eigenvalue weighted by Crippen LogP contribution is -2.36. The fourth-order valence-electron chi connectivity index (χ4n) is 3.20.